The zero-order valence-corrected chi connectivity index (χ0v) is 11.0. The molecule has 1 amide bonds. The Bertz CT molecular complexity index is 332. The van der Waals surface area contributed by atoms with Gasteiger partial charge < -0.3 is 10.0 Å². The lowest BCUT2D eigenvalue weighted by Crippen LogP contribution is -2.43. The fourth-order valence-corrected chi connectivity index (χ4v) is 2.89. The number of rotatable bonds is 4. The van der Waals surface area contributed by atoms with Gasteiger partial charge in [0.25, 0.3) is 0 Å². The second-order valence-electron chi connectivity index (χ2n) is 5.46. The van der Waals surface area contributed by atoms with Gasteiger partial charge in [-0.2, -0.15) is 0 Å². The number of carbonyl (C=O) groups excluding carboxylic acids is 1. The average Bonchev–Trinajstić information content (AvgIpc) is 2.70. The lowest BCUT2D eigenvalue weighted by Gasteiger charge is -2.34. The second kappa shape index (κ2) is 5.69. The highest BCUT2D eigenvalue weighted by Crippen LogP contribution is 2.19. The van der Waals surface area contributed by atoms with Crippen molar-refractivity contribution in [2.24, 2.45) is 5.92 Å². The predicted octanol–water partition coefficient (Wildman–Crippen LogP) is 0.794. The van der Waals surface area contributed by atoms with Crippen molar-refractivity contribution < 1.29 is 14.7 Å². The van der Waals surface area contributed by atoms with Crippen LogP contribution < -0.4 is 0 Å². The number of piperidine rings is 1. The molecule has 0 bridgehead atoms. The molecule has 2 rings (SSSR count). The Kier molecular flexibility index (Phi) is 4.22. The largest absolute Gasteiger partial charge is 0.481 e. The summed E-state index contributed by atoms with van der Waals surface area (Å²) in [6.07, 6.45) is 3.92. The highest BCUT2D eigenvalue weighted by Gasteiger charge is 2.34. The second-order valence-corrected chi connectivity index (χ2v) is 5.46. The third-order valence-electron chi connectivity index (χ3n) is 4.16. The molecule has 2 fully saturated rings. The molecular weight excluding hydrogens is 232 g/mol. The number of hydrogen-bond donors (Lipinski definition) is 1. The summed E-state index contributed by atoms with van der Waals surface area (Å²) in [7, 11) is 0. The topological polar surface area (TPSA) is 60.9 Å². The summed E-state index contributed by atoms with van der Waals surface area (Å²) >= 11 is 0. The molecule has 0 spiro atoms. The zero-order chi connectivity index (χ0) is 13.1. The van der Waals surface area contributed by atoms with Crippen molar-refractivity contribution in [3.8, 4) is 0 Å². The van der Waals surface area contributed by atoms with Gasteiger partial charge in [-0.15, -0.1) is 0 Å². The summed E-state index contributed by atoms with van der Waals surface area (Å²) < 4.78 is 0. The molecule has 5 nitrogen and oxygen atoms in total. The van der Waals surface area contributed by atoms with Crippen LogP contribution in [0.2, 0.25) is 0 Å². The Labute approximate surface area is 108 Å². The van der Waals surface area contributed by atoms with Crippen molar-refractivity contribution in [2.45, 2.75) is 38.6 Å². The van der Waals surface area contributed by atoms with Crippen LogP contribution in [-0.2, 0) is 9.59 Å². The minimum absolute atomic E-state index is 0.00735. The molecule has 2 unspecified atom stereocenters. The van der Waals surface area contributed by atoms with E-state index in [0.29, 0.717) is 19.1 Å². The van der Waals surface area contributed by atoms with Crippen molar-refractivity contribution >= 4 is 11.9 Å². The fourth-order valence-electron chi connectivity index (χ4n) is 2.89. The number of carboxylic acid groups (broad SMARTS) is 1. The lowest BCUT2D eigenvalue weighted by molar-refractivity contribution is -0.141. The number of nitrogens with zero attached hydrogens (tertiary/aromatic N) is 2. The standard InChI is InChI=1S/C13H22N2O3/c1-10-4-2-3-5-14(10)6-7-15-9-11(13(17)18)8-12(15)16/h10-11H,2-9H2,1H3,(H,17,18). The number of hydrogen-bond acceptors (Lipinski definition) is 3. The van der Waals surface area contributed by atoms with E-state index in [0.717, 1.165) is 13.1 Å². The number of aliphatic carboxylic acids is 1. The van der Waals surface area contributed by atoms with Gasteiger partial charge in [0.2, 0.25) is 5.91 Å². The molecule has 2 saturated heterocycles. The first-order chi connectivity index (χ1) is 8.58. The maximum Gasteiger partial charge on any atom is 0.308 e. The summed E-state index contributed by atoms with van der Waals surface area (Å²) in [5.74, 6) is -1.36. The van der Waals surface area contributed by atoms with E-state index < -0.39 is 11.9 Å². The molecule has 2 aliphatic rings. The Balaban J connectivity index is 1.79. The highest BCUT2D eigenvalue weighted by molar-refractivity contribution is 5.86. The van der Waals surface area contributed by atoms with E-state index in [1.54, 1.807) is 4.90 Å². The van der Waals surface area contributed by atoms with E-state index in [-0.39, 0.29) is 12.3 Å². The van der Waals surface area contributed by atoms with Crippen LogP contribution in [0.1, 0.15) is 32.6 Å². The first kappa shape index (κ1) is 13.3. The summed E-state index contributed by atoms with van der Waals surface area (Å²) in [6.45, 7) is 5.26. The summed E-state index contributed by atoms with van der Waals surface area (Å²) in [5, 5.41) is 8.92. The van der Waals surface area contributed by atoms with E-state index in [1.807, 2.05) is 0 Å². The first-order valence-electron chi connectivity index (χ1n) is 6.82. The highest BCUT2D eigenvalue weighted by atomic mass is 16.4. The zero-order valence-electron chi connectivity index (χ0n) is 11.0. The Morgan fingerprint density at radius 3 is 2.78 bits per heavy atom. The molecule has 2 heterocycles. The van der Waals surface area contributed by atoms with E-state index in [9.17, 15) is 9.59 Å². The van der Waals surface area contributed by atoms with E-state index in [2.05, 4.69) is 11.8 Å². The molecule has 0 radical (unpaired) electrons. The van der Waals surface area contributed by atoms with Gasteiger partial charge in [-0.1, -0.05) is 6.42 Å². The van der Waals surface area contributed by atoms with Crippen molar-refractivity contribution in [1.29, 1.82) is 0 Å². The third-order valence-corrected chi connectivity index (χ3v) is 4.16. The van der Waals surface area contributed by atoms with Gasteiger partial charge in [0.15, 0.2) is 0 Å². The lowest BCUT2D eigenvalue weighted by atomic mass is 10.0. The molecule has 102 valence electrons. The smallest absolute Gasteiger partial charge is 0.308 e. The monoisotopic (exact) mass is 254 g/mol. The van der Waals surface area contributed by atoms with Crippen LogP contribution >= 0.6 is 0 Å². The van der Waals surface area contributed by atoms with Crippen LogP contribution in [0.5, 0.6) is 0 Å². The normalized spacial score (nSPS) is 29.8. The molecule has 5 heteroatoms. The van der Waals surface area contributed by atoms with Crippen molar-refractivity contribution in [2.75, 3.05) is 26.2 Å². The minimum atomic E-state index is -0.850. The number of likely N-dealkylation sites (tertiary alicyclic amines) is 2. The van der Waals surface area contributed by atoms with Crippen LogP contribution in [0.4, 0.5) is 0 Å². The molecule has 0 saturated carbocycles. The molecule has 0 aliphatic carbocycles. The molecule has 0 aromatic heterocycles. The third kappa shape index (κ3) is 3.02. The summed E-state index contributed by atoms with van der Waals surface area (Å²) in [6, 6.07) is 0.590. The number of amides is 1. The van der Waals surface area contributed by atoms with Crippen LogP contribution in [0.25, 0.3) is 0 Å². The molecule has 0 aromatic rings. The van der Waals surface area contributed by atoms with Gasteiger partial charge in [0, 0.05) is 32.1 Å². The molecule has 1 N–H and O–H groups in total. The summed E-state index contributed by atoms with van der Waals surface area (Å²) in [5.41, 5.74) is 0. The van der Waals surface area contributed by atoms with E-state index in [4.69, 9.17) is 5.11 Å². The van der Waals surface area contributed by atoms with Crippen LogP contribution in [0, 0.1) is 5.92 Å². The van der Waals surface area contributed by atoms with Gasteiger partial charge in [0.05, 0.1) is 5.92 Å². The van der Waals surface area contributed by atoms with Crippen molar-refractivity contribution in [1.82, 2.24) is 9.80 Å². The van der Waals surface area contributed by atoms with E-state index >= 15 is 0 Å². The van der Waals surface area contributed by atoms with Gasteiger partial charge in [0.1, 0.15) is 0 Å². The fraction of sp³-hybridized carbons (Fsp3) is 0.846. The van der Waals surface area contributed by atoms with Crippen LogP contribution in [0.3, 0.4) is 0 Å². The Morgan fingerprint density at radius 2 is 2.17 bits per heavy atom. The maximum atomic E-state index is 11.7. The maximum absolute atomic E-state index is 11.7. The van der Waals surface area contributed by atoms with Crippen LogP contribution in [-0.4, -0.2) is 59.0 Å². The molecular formula is C13H22N2O3. The predicted molar refractivity (Wildman–Crippen MR) is 67.2 cm³/mol. The molecule has 2 aliphatic heterocycles. The Hall–Kier alpha value is -1.10. The number of carbonyl (C=O) groups is 2. The van der Waals surface area contributed by atoms with Gasteiger partial charge in [-0.3, -0.25) is 14.5 Å². The van der Waals surface area contributed by atoms with Crippen LogP contribution in [0.15, 0.2) is 0 Å². The minimum Gasteiger partial charge on any atom is -0.481 e. The average molecular weight is 254 g/mol. The molecule has 18 heavy (non-hydrogen) atoms. The van der Waals surface area contributed by atoms with Crippen molar-refractivity contribution in [3.63, 3.8) is 0 Å². The van der Waals surface area contributed by atoms with E-state index in [1.165, 1.54) is 19.3 Å². The van der Waals surface area contributed by atoms with Crippen molar-refractivity contribution in [3.05, 3.63) is 0 Å². The Morgan fingerprint density at radius 1 is 1.39 bits per heavy atom. The molecule has 2 atom stereocenters. The first-order valence-corrected chi connectivity index (χ1v) is 6.82. The SMILES string of the molecule is CC1CCCCN1CCN1CC(C(=O)O)CC1=O. The molecule has 0 aromatic carbocycles. The van der Waals surface area contributed by atoms with Gasteiger partial charge >= 0.3 is 5.97 Å². The van der Waals surface area contributed by atoms with Gasteiger partial charge in [-0.05, 0) is 26.3 Å². The quantitative estimate of drug-likeness (QED) is 0.806. The summed E-state index contributed by atoms with van der Waals surface area (Å²) in [4.78, 5) is 26.7. The van der Waals surface area contributed by atoms with Gasteiger partial charge in [-0.25, -0.2) is 0 Å². The number of carboxylic acids is 1.